The number of halogens is 1. The van der Waals surface area contributed by atoms with Crippen LogP contribution in [-0.4, -0.2) is 49.2 Å². The summed E-state index contributed by atoms with van der Waals surface area (Å²) in [7, 11) is 0. The van der Waals surface area contributed by atoms with Gasteiger partial charge in [-0.25, -0.2) is 14.6 Å². The molecule has 0 saturated heterocycles. The quantitative estimate of drug-likeness (QED) is 0.691. The van der Waals surface area contributed by atoms with Crippen molar-refractivity contribution in [3.63, 3.8) is 0 Å². The molecule has 7 nitrogen and oxygen atoms in total. The van der Waals surface area contributed by atoms with Crippen molar-refractivity contribution in [2.75, 3.05) is 11.9 Å². The van der Waals surface area contributed by atoms with E-state index in [1.807, 2.05) is 4.68 Å². The van der Waals surface area contributed by atoms with Gasteiger partial charge in [-0.15, -0.1) is 12.4 Å². The number of aromatic nitrogens is 4. The molecule has 6 rings (SSSR count). The van der Waals surface area contributed by atoms with Crippen LogP contribution in [0.4, 0.5) is 5.82 Å². The van der Waals surface area contributed by atoms with E-state index in [2.05, 4.69) is 53.0 Å². The number of carbonyl (C=O) groups is 1. The number of amides is 1. The van der Waals surface area contributed by atoms with Crippen LogP contribution >= 0.6 is 12.4 Å². The van der Waals surface area contributed by atoms with Gasteiger partial charge in [-0.05, 0) is 77.6 Å². The van der Waals surface area contributed by atoms with Gasteiger partial charge in [0.15, 0.2) is 5.65 Å². The molecule has 0 radical (unpaired) electrons. The predicted molar refractivity (Wildman–Crippen MR) is 124 cm³/mol. The van der Waals surface area contributed by atoms with Crippen LogP contribution in [0.1, 0.15) is 59.8 Å². The third kappa shape index (κ3) is 3.84. The van der Waals surface area contributed by atoms with Crippen LogP contribution in [0, 0.1) is 23.2 Å². The van der Waals surface area contributed by atoms with E-state index >= 15 is 0 Å². The first-order valence-corrected chi connectivity index (χ1v) is 11.6. The summed E-state index contributed by atoms with van der Waals surface area (Å²) in [4.78, 5) is 24.7. The Morgan fingerprint density at radius 3 is 2.45 bits per heavy atom. The van der Waals surface area contributed by atoms with Crippen molar-refractivity contribution in [3.8, 4) is 0 Å². The Kier molecular flexibility index (Phi) is 6.03. The molecule has 4 aliphatic carbocycles. The van der Waals surface area contributed by atoms with E-state index in [4.69, 9.17) is 0 Å². The van der Waals surface area contributed by atoms with E-state index in [1.165, 1.54) is 12.8 Å². The zero-order valence-electron chi connectivity index (χ0n) is 19.0. The molecule has 31 heavy (non-hydrogen) atoms. The summed E-state index contributed by atoms with van der Waals surface area (Å²) in [6.07, 6.45) is 9.21. The van der Waals surface area contributed by atoms with Crippen molar-refractivity contribution in [2.45, 2.75) is 78.4 Å². The van der Waals surface area contributed by atoms with Crippen LogP contribution in [0.25, 0.3) is 11.0 Å². The molecule has 0 aliphatic heterocycles. The summed E-state index contributed by atoms with van der Waals surface area (Å²) >= 11 is 0. The Hall–Kier alpha value is -1.73. The summed E-state index contributed by atoms with van der Waals surface area (Å²) < 4.78 is 1.93. The van der Waals surface area contributed by atoms with Crippen LogP contribution in [0.3, 0.4) is 0 Å². The van der Waals surface area contributed by atoms with Gasteiger partial charge in [-0.2, -0.15) is 5.10 Å². The Morgan fingerprint density at radius 2 is 1.84 bits per heavy atom. The second kappa shape index (κ2) is 8.32. The standard InChI is InChI=1S/C23H34N6O.ClH/c1-14(2)28(15(3)4)5-6-29-21-19(12-26-29)20(24-13-25-21)27-22(30)23-9-16-7-17(10-23)18(8-16)11-23;/h12-18H,5-11H2,1-4H3,(H,24,25,27,30);1H. The van der Waals surface area contributed by atoms with Crippen LogP contribution in [0.5, 0.6) is 0 Å². The van der Waals surface area contributed by atoms with Gasteiger partial charge in [0.25, 0.3) is 0 Å². The number of hydrogen-bond donors (Lipinski definition) is 1. The summed E-state index contributed by atoms with van der Waals surface area (Å²) in [6.45, 7) is 10.6. The van der Waals surface area contributed by atoms with Gasteiger partial charge in [-0.1, -0.05) is 0 Å². The summed E-state index contributed by atoms with van der Waals surface area (Å²) in [6, 6.07) is 0.958. The molecule has 8 heteroatoms. The number of fused-ring (bicyclic) bond motifs is 1. The average molecular weight is 447 g/mol. The predicted octanol–water partition coefficient (Wildman–Crippen LogP) is 4.13. The molecule has 170 valence electrons. The topological polar surface area (TPSA) is 75.9 Å². The normalized spacial score (nSPS) is 28.8. The number of nitrogens with zero attached hydrogens (tertiary/aromatic N) is 5. The molecule has 2 atom stereocenters. The smallest absolute Gasteiger partial charge is 0.231 e. The number of carbonyl (C=O) groups excluding carboxylic acids is 1. The first-order valence-electron chi connectivity index (χ1n) is 11.6. The summed E-state index contributed by atoms with van der Waals surface area (Å²) in [5.41, 5.74) is 0.625. The lowest BCUT2D eigenvalue weighted by molar-refractivity contribution is -0.128. The second-order valence-electron chi connectivity index (χ2n) is 10.5. The minimum absolute atomic E-state index is 0. The lowest BCUT2D eigenvalue weighted by Crippen LogP contribution is -2.39. The number of rotatable bonds is 7. The second-order valence-corrected chi connectivity index (χ2v) is 10.5. The van der Waals surface area contributed by atoms with Crippen molar-refractivity contribution < 1.29 is 4.79 Å². The maximum Gasteiger partial charge on any atom is 0.231 e. The first kappa shape index (κ1) is 22.5. The molecule has 2 heterocycles. The Labute approximate surface area is 190 Å². The third-order valence-electron chi connectivity index (χ3n) is 7.97. The molecule has 2 aromatic rings. The fraction of sp³-hybridized carbons (Fsp3) is 0.739. The minimum Gasteiger partial charge on any atom is -0.309 e. The highest BCUT2D eigenvalue weighted by atomic mass is 35.5. The zero-order chi connectivity index (χ0) is 21.0. The monoisotopic (exact) mass is 446 g/mol. The molecule has 4 bridgehead atoms. The Morgan fingerprint density at radius 1 is 1.16 bits per heavy atom. The van der Waals surface area contributed by atoms with Gasteiger partial charge >= 0.3 is 0 Å². The molecule has 0 spiro atoms. The Balaban J connectivity index is 0.00000231. The van der Waals surface area contributed by atoms with Gasteiger partial charge in [0.1, 0.15) is 12.1 Å². The molecule has 0 aromatic carbocycles. The fourth-order valence-electron chi connectivity index (χ4n) is 6.81. The van der Waals surface area contributed by atoms with Gasteiger partial charge in [0, 0.05) is 18.6 Å². The van der Waals surface area contributed by atoms with Crippen LogP contribution < -0.4 is 5.32 Å². The average Bonchev–Trinajstić information content (AvgIpc) is 3.30. The molecule has 2 aromatic heterocycles. The number of nitrogens with one attached hydrogen (secondary N) is 1. The third-order valence-corrected chi connectivity index (χ3v) is 7.97. The minimum atomic E-state index is -0.168. The highest BCUT2D eigenvalue weighted by molar-refractivity contribution is 6.01. The number of hydrogen-bond acceptors (Lipinski definition) is 5. The van der Waals surface area contributed by atoms with Crippen molar-refractivity contribution in [2.24, 2.45) is 23.2 Å². The highest BCUT2D eigenvalue weighted by Crippen LogP contribution is 2.64. The fourth-order valence-corrected chi connectivity index (χ4v) is 6.81. The van der Waals surface area contributed by atoms with Crippen molar-refractivity contribution in [1.29, 1.82) is 0 Å². The lowest BCUT2D eigenvalue weighted by atomic mass is 9.69. The van der Waals surface area contributed by atoms with Crippen molar-refractivity contribution in [1.82, 2.24) is 24.6 Å². The van der Waals surface area contributed by atoms with Crippen LogP contribution in [0.2, 0.25) is 0 Å². The SMILES string of the molecule is CC(C)N(CCn1ncc2c(NC(=O)C34CC5CC(C3)C(C5)C4)ncnc21)C(C)C.Cl. The maximum absolute atomic E-state index is 13.3. The summed E-state index contributed by atoms with van der Waals surface area (Å²) in [5, 5.41) is 8.57. The van der Waals surface area contributed by atoms with Crippen molar-refractivity contribution >= 4 is 35.2 Å². The van der Waals surface area contributed by atoms with E-state index in [0.29, 0.717) is 17.9 Å². The van der Waals surface area contributed by atoms with Crippen LogP contribution in [0.15, 0.2) is 12.5 Å². The maximum atomic E-state index is 13.3. The van der Waals surface area contributed by atoms with E-state index in [9.17, 15) is 4.79 Å². The first-order chi connectivity index (χ1) is 14.4. The Bertz CT molecular complexity index is 929. The van der Waals surface area contributed by atoms with E-state index in [-0.39, 0.29) is 23.7 Å². The molecular formula is C23H35ClN6O. The van der Waals surface area contributed by atoms with E-state index in [0.717, 1.165) is 61.1 Å². The molecule has 4 fully saturated rings. The largest absolute Gasteiger partial charge is 0.309 e. The van der Waals surface area contributed by atoms with Crippen molar-refractivity contribution in [3.05, 3.63) is 12.5 Å². The van der Waals surface area contributed by atoms with Gasteiger partial charge < -0.3 is 5.32 Å². The molecule has 2 unspecified atom stereocenters. The number of anilines is 1. The zero-order valence-corrected chi connectivity index (χ0v) is 19.9. The molecule has 1 amide bonds. The molecular weight excluding hydrogens is 412 g/mol. The highest BCUT2D eigenvalue weighted by Gasteiger charge is 2.59. The summed E-state index contributed by atoms with van der Waals surface area (Å²) in [5.74, 6) is 3.07. The van der Waals surface area contributed by atoms with E-state index < -0.39 is 0 Å². The van der Waals surface area contributed by atoms with Gasteiger partial charge in [0.05, 0.1) is 23.5 Å². The van der Waals surface area contributed by atoms with E-state index in [1.54, 1.807) is 12.5 Å². The molecule has 4 aliphatic rings. The lowest BCUT2D eigenvalue weighted by Gasteiger charge is -2.36. The molecule has 1 N–H and O–H groups in total. The van der Waals surface area contributed by atoms with Crippen LogP contribution in [-0.2, 0) is 11.3 Å². The van der Waals surface area contributed by atoms with Gasteiger partial charge in [-0.3, -0.25) is 9.69 Å². The molecule has 4 saturated carbocycles. The van der Waals surface area contributed by atoms with Gasteiger partial charge in [0.2, 0.25) is 5.91 Å².